The van der Waals surface area contributed by atoms with Crippen LogP contribution >= 0.6 is 31.9 Å². The Morgan fingerprint density at radius 2 is 1.88 bits per heavy atom. The van der Waals surface area contributed by atoms with Gasteiger partial charge in [-0.2, -0.15) is 10.5 Å². The average molecular weight is 353 g/mol. The molecule has 0 aromatic heterocycles. The van der Waals surface area contributed by atoms with Gasteiger partial charge in [-0.3, -0.25) is 4.79 Å². The molecule has 0 fully saturated rings. The van der Waals surface area contributed by atoms with Crippen LogP contribution in [0.2, 0.25) is 0 Å². The minimum absolute atomic E-state index is 0.118. The molecule has 6 heteroatoms. The molecule has 1 aromatic rings. The van der Waals surface area contributed by atoms with Gasteiger partial charge in [-0.1, -0.05) is 15.9 Å². The van der Waals surface area contributed by atoms with Crippen molar-refractivity contribution in [1.29, 1.82) is 10.5 Å². The summed E-state index contributed by atoms with van der Waals surface area (Å²) < 4.78 is 1.45. The number of hydrogen-bond acceptors (Lipinski definition) is 3. The van der Waals surface area contributed by atoms with E-state index in [2.05, 4.69) is 37.2 Å². The number of benzene rings is 1. The van der Waals surface area contributed by atoms with E-state index in [1.165, 1.54) is 0 Å². The molecule has 0 spiro atoms. The molecule has 1 heterocycles. The number of anilines is 1. The number of halogens is 2. The van der Waals surface area contributed by atoms with E-state index in [-0.39, 0.29) is 11.1 Å². The van der Waals surface area contributed by atoms with Crippen LogP contribution in [0, 0.1) is 22.7 Å². The van der Waals surface area contributed by atoms with Gasteiger partial charge in [0.15, 0.2) is 0 Å². The molecule has 4 nitrogen and oxygen atoms in total. The number of rotatable bonds is 0. The highest BCUT2D eigenvalue weighted by Crippen LogP contribution is 2.40. The summed E-state index contributed by atoms with van der Waals surface area (Å²) in [5.74, 6) is -0.433. The first-order valence-corrected chi connectivity index (χ1v) is 6.02. The molecule has 1 aliphatic rings. The maximum atomic E-state index is 11.7. The SMILES string of the molecule is N#CC(C#N)=C1C(=O)Nc2c(Br)cc(Br)cc21. The first-order valence-electron chi connectivity index (χ1n) is 4.43. The van der Waals surface area contributed by atoms with Crippen molar-refractivity contribution in [2.75, 3.05) is 5.32 Å². The fourth-order valence-electron chi connectivity index (χ4n) is 1.58. The van der Waals surface area contributed by atoms with E-state index in [0.717, 1.165) is 4.47 Å². The van der Waals surface area contributed by atoms with Gasteiger partial charge in [0, 0.05) is 14.5 Å². The molecular weight excluding hydrogens is 350 g/mol. The van der Waals surface area contributed by atoms with E-state index in [9.17, 15) is 4.79 Å². The summed E-state index contributed by atoms with van der Waals surface area (Å²) in [5.41, 5.74) is 1.06. The number of carbonyl (C=O) groups is 1. The van der Waals surface area contributed by atoms with Crippen LogP contribution in [0.5, 0.6) is 0 Å². The average Bonchev–Trinajstić information content (AvgIpc) is 2.59. The maximum absolute atomic E-state index is 11.7. The van der Waals surface area contributed by atoms with Crippen LogP contribution in [0.25, 0.3) is 5.57 Å². The second-order valence-corrected chi connectivity index (χ2v) is 5.01. The van der Waals surface area contributed by atoms with Crippen molar-refractivity contribution < 1.29 is 4.79 Å². The van der Waals surface area contributed by atoms with Gasteiger partial charge in [-0.25, -0.2) is 0 Å². The first-order chi connectivity index (χ1) is 8.08. The second kappa shape index (κ2) is 4.33. The minimum Gasteiger partial charge on any atom is -0.320 e. The zero-order valence-corrected chi connectivity index (χ0v) is 11.4. The van der Waals surface area contributed by atoms with Gasteiger partial charge in [-0.15, -0.1) is 0 Å². The molecule has 17 heavy (non-hydrogen) atoms. The fraction of sp³-hybridized carbons (Fsp3) is 0. The smallest absolute Gasteiger partial charge is 0.258 e. The highest BCUT2D eigenvalue weighted by molar-refractivity contribution is 9.11. The number of nitrogens with one attached hydrogen (secondary N) is 1. The molecule has 0 bridgehead atoms. The van der Waals surface area contributed by atoms with Crippen LogP contribution < -0.4 is 5.32 Å². The lowest BCUT2D eigenvalue weighted by atomic mass is 10.0. The summed E-state index contributed by atoms with van der Waals surface area (Å²) in [6, 6.07) is 6.94. The standard InChI is InChI=1S/C11H3Br2N3O/c12-6-1-7-9(5(3-14)4-15)11(17)16-10(7)8(13)2-6/h1-2H,(H,16,17). The number of nitriles is 2. The molecular formula is C11H3Br2N3O. The molecule has 0 aliphatic carbocycles. The molecule has 1 amide bonds. The van der Waals surface area contributed by atoms with Crippen LogP contribution in [0.3, 0.4) is 0 Å². The van der Waals surface area contributed by atoms with Crippen molar-refractivity contribution >= 4 is 49.0 Å². The van der Waals surface area contributed by atoms with Crippen LogP contribution in [-0.2, 0) is 4.79 Å². The molecule has 1 aromatic carbocycles. The van der Waals surface area contributed by atoms with Gasteiger partial charge in [-0.05, 0) is 28.1 Å². The predicted octanol–water partition coefficient (Wildman–Crippen LogP) is 2.96. The highest BCUT2D eigenvalue weighted by Gasteiger charge is 2.29. The van der Waals surface area contributed by atoms with Crippen LogP contribution in [0.1, 0.15) is 5.56 Å². The van der Waals surface area contributed by atoms with Gasteiger partial charge in [0.2, 0.25) is 0 Å². The van der Waals surface area contributed by atoms with Crippen molar-refractivity contribution in [2.45, 2.75) is 0 Å². The molecule has 0 saturated heterocycles. The minimum atomic E-state index is -0.433. The molecule has 0 unspecified atom stereocenters. The van der Waals surface area contributed by atoms with E-state index in [4.69, 9.17) is 10.5 Å². The number of carbonyl (C=O) groups excluding carboxylic acids is 1. The molecule has 0 atom stereocenters. The Kier molecular flexibility index (Phi) is 3.01. The van der Waals surface area contributed by atoms with Crippen molar-refractivity contribution in [3.63, 3.8) is 0 Å². The third-order valence-electron chi connectivity index (χ3n) is 2.26. The Labute approximate surface area is 114 Å². The van der Waals surface area contributed by atoms with Crippen molar-refractivity contribution in [3.8, 4) is 12.1 Å². The first kappa shape index (κ1) is 11.8. The van der Waals surface area contributed by atoms with Crippen LogP contribution in [0.15, 0.2) is 26.7 Å². The molecule has 0 saturated carbocycles. The summed E-state index contributed by atoms with van der Waals surface area (Å²) in [4.78, 5) is 11.7. The largest absolute Gasteiger partial charge is 0.320 e. The van der Waals surface area contributed by atoms with Crippen LogP contribution in [0.4, 0.5) is 5.69 Å². The Balaban J connectivity index is 2.81. The lowest BCUT2D eigenvalue weighted by molar-refractivity contribution is -0.110. The molecule has 1 aliphatic heterocycles. The zero-order valence-electron chi connectivity index (χ0n) is 8.21. The summed E-state index contributed by atoms with van der Waals surface area (Å²) in [7, 11) is 0. The van der Waals surface area contributed by atoms with Crippen molar-refractivity contribution in [3.05, 3.63) is 32.2 Å². The molecule has 1 N–H and O–H groups in total. The normalized spacial score (nSPS) is 12.5. The van der Waals surface area contributed by atoms with Gasteiger partial charge in [0.25, 0.3) is 5.91 Å². The van der Waals surface area contributed by atoms with Crippen molar-refractivity contribution in [1.82, 2.24) is 0 Å². The van der Waals surface area contributed by atoms with E-state index < -0.39 is 5.91 Å². The summed E-state index contributed by atoms with van der Waals surface area (Å²) >= 11 is 6.61. The topological polar surface area (TPSA) is 76.7 Å². The lowest BCUT2D eigenvalue weighted by Gasteiger charge is -2.02. The van der Waals surface area contributed by atoms with E-state index >= 15 is 0 Å². The van der Waals surface area contributed by atoms with Crippen LogP contribution in [-0.4, -0.2) is 5.91 Å². The number of allylic oxidation sites excluding steroid dienone is 1. The quantitative estimate of drug-likeness (QED) is 0.576. The molecule has 82 valence electrons. The van der Waals surface area contributed by atoms with E-state index in [0.29, 0.717) is 15.7 Å². The molecule has 2 rings (SSSR count). The summed E-state index contributed by atoms with van der Waals surface area (Å²) in [6.07, 6.45) is 0. The van der Waals surface area contributed by atoms with Gasteiger partial charge in [0.05, 0.1) is 11.3 Å². The Bertz CT molecular complexity index is 634. The third-order valence-corrected chi connectivity index (χ3v) is 3.35. The summed E-state index contributed by atoms with van der Waals surface area (Å²) in [6.45, 7) is 0. The Morgan fingerprint density at radius 3 is 2.47 bits per heavy atom. The number of hydrogen-bond donors (Lipinski definition) is 1. The van der Waals surface area contributed by atoms with E-state index in [1.54, 1.807) is 24.3 Å². The Hall–Kier alpha value is -1.63. The second-order valence-electron chi connectivity index (χ2n) is 3.24. The van der Waals surface area contributed by atoms with Gasteiger partial charge < -0.3 is 5.32 Å². The molecule has 0 radical (unpaired) electrons. The predicted molar refractivity (Wildman–Crippen MR) is 68.6 cm³/mol. The number of amides is 1. The highest BCUT2D eigenvalue weighted by atomic mass is 79.9. The zero-order chi connectivity index (χ0) is 12.6. The number of fused-ring (bicyclic) bond motifs is 1. The van der Waals surface area contributed by atoms with E-state index in [1.807, 2.05) is 0 Å². The van der Waals surface area contributed by atoms with Gasteiger partial charge in [0.1, 0.15) is 17.7 Å². The van der Waals surface area contributed by atoms with Gasteiger partial charge >= 0.3 is 0 Å². The third kappa shape index (κ3) is 1.86. The maximum Gasteiger partial charge on any atom is 0.258 e. The Morgan fingerprint density at radius 1 is 1.24 bits per heavy atom. The van der Waals surface area contributed by atoms with Crippen molar-refractivity contribution in [2.24, 2.45) is 0 Å². The monoisotopic (exact) mass is 351 g/mol. The lowest BCUT2D eigenvalue weighted by Crippen LogP contribution is -2.05. The number of nitrogens with zero attached hydrogens (tertiary/aromatic N) is 2. The summed E-state index contributed by atoms with van der Waals surface area (Å²) in [5, 5.41) is 20.3. The fourth-order valence-corrected chi connectivity index (χ4v) is 2.91.